The van der Waals surface area contributed by atoms with Gasteiger partial charge in [-0.2, -0.15) is 0 Å². The van der Waals surface area contributed by atoms with Crippen LogP contribution in [0, 0.1) is 0 Å². The Bertz CT molecular complexity index is 564. The molecule has 3 rings (SSSR count). The lowest BCUT2D eigenvalue weighted by Gasteiger charge is -2.29. The van der Waals surface area contributed by atoms with Crippen molar-refractivity contribution in [3.8, 4) is 9.75 Å². The molecule has 0 fully saturated rings. The zero-order valence-corrected chi connectivity index (χ0v) is 13.7. The summed E-state index contributed by atoms with van der Waals surface area (Å²) in [4.78, 5) is 2.91. The molecule has 1 aliphatic carbocycles. The third-order valence-corrected chi connectivity index (χ3v) is 6.53. The van der Waals surface area contributed by atoms with Crippen LogP contribution in [0.25, 0.3) is 9.75 Å². The van der Waals surface area contributed by atoms with Gasteiger partial charge >= 0.3 is 0 Å². The molecule has 0 radical (unpaired) electrons. The Labute approximate surface area is 120 Å². The molecule has 0 nitrogen and oxygen atoms in total. The van der Waals surface area contributed by atoms with Crippen LogP contribution in [0.2, 0.25) is 0 Å². The van der Waals surface area contributed by atoms with Crippen LogP contribution in [0.4, 0.5) is 0 Å². The summed E-state index contributed by atoms with van der Waals surface area (Å²) in [5.41, 5.74) is 3.24. The molecule has 1 aliphatic rings. The number of rotatable bonds is 0. The Kier molecular flexibility index (Phi) is 2.63. The second kappa shape index (κ2) is 3.67. The number of halogens is 2. The SMILES string of the molecule is CC1(C)Cc2cc(Br)sc2-c2sc(Br)cc21. The van der Waals surface area contributed by atoms with Crippen LogP contribution in [0.5, 0.6) is 0 Å². The van der Waals surface area contributed by atoms with E-state index in [1.54, 1.807) is 0 Å². The average molecular weight is 378 g/mol. The van der Waals surface area contributed by atoms with E-state index in [1.807, 2.05) is 22.7 Å². The molecule has 0 aliphatic heterocycles. The fourth-order valence-corrected chi connectivity index (χ4v) is 5.95. The highest BCUT2D eigenvalue weighted by atomic mass is 79.9. The highest BCUT2D eigenvalue weighted by Crippen LogP contribution is 2.51. The molecule has 16 heavy (non-hydrogen) atoms. The fourth-order valence-electron chi connectivity index (χ4n) is 2.32. The third-order valence-electron chi connectivity index (χ3n) is 3.05. The minimum Gasteiger partial charge on any atom is -0.127 e. The van der Waals surface area contributed by atoms with Gasteiger partial charge in [0.2, 0.25) is 0 Å². The van der Waals surface area contributed by atoms with Gasteiger partial charge in [0, 0.05) is 9.75 Å². The van der Waals surface area contributed by atoms with Gasteiger partial charge in [-0.25, -0.2) is 0 Å². The molecule has 0 spiro atoms. The molecule has 0 saturated carbocycles. The monoisotopic (exact) mass is 376 g/mol. The van der Waals surface area contributed by atoms with Gasteiger partial charge in [0.1, 0.15) is 0 Å². The van der Waals surface area contributed by atoms with E-state index in [4.69, 9.17) is 0 Å². The van der Waals surface area contributed by atoms with Gasteiger partial charge in [-0.3, -0.25) is 0 Å². The molecule has 0 N–H and O–H groups in total. The summed E-state index contributed by atoms with van der Waals surface area (Å²) >= 11 is 10.9. The first-order valence-electron chi connectivity index (χ1n) is 5.06. The summed E-state index contributed by atoms with van der Waals surface area (Å²) < 4.78 is 2.48. The first kappa shape index (κ1) is 11.5. The minimum absolute atomic E-state index is 0.255. The molecule has 0 atom stereocenters. The van der Waals surface area contributed by atoms with Gasteiger partial charge in [0.25, 0.3) is 0 Å². The van der Waals surface area contributed by atoms with Crippen molar-refractivity contribution in [2.45, 2.75) is 25.7 Å². The van der Waals surface area contributed by atoms with Crippen LogP contribution in [-0.2, 0) is 11.8 Å². The first-order valence-corrected chi connectivity index (χ1v) is 8.28. The third kappa shape index (κ3) is 1.65. The summed E-state index contributed by atoms with van der Waals surface area (Å²) in [6.07, 6.45) is 1.14. The predicted molar refractivity (Wildman–Crippen MR) is 79.8 cm³/mol. The van der Waals surface area contributed by atoms with Crippen molar-refractivity contribution in [2.75, 3.05) is 0 Å². The Morgan fingerprint density at radius 2 is 1.69 bits per heavy atom. The van der Waals surface area contributed by atoms with Gasteiger partial charge in [0.15, 0.2) is 0 Å². The van der Waals surface area contributed by atoms with Gasteiger partial charge in [-0.1, -0.05) is 13.8 Å². The zero-order chi connectivity index (χ0) is 11.5. The van der Waals surface area contributed by atoms with E-state index in [9.17, 15) is 0 Å². The van der Waals surface area contributed by atoms with E-state index in [1.165, 1.54) is 28.5 Å². The minimum atomic E-state index is 0.255. The Hall–Kier alpha value is 0.360. The van der Waals surface area contributed by atoms with E-state index in [0.29, 0.717) is 0 Å². The molecule has 0 saturated heterocycles. The lowest BCUT2D eigenvalue weighted by Crippen LogP contribution is -2.23. The Morgan fingerprint density at radius 3 is 2.44 bits per heavy atom. The molecule has 2 heterocycles. The topological polar surface area (TPSA) is 0 Å². The molecule has 0 amide bonds. The van der Waals surface area contributed by atoms with Crippen molar-refractivity contribution in [1.82, 2.24) is 0 Å². The summed E-state index contributed by atoms with van der Waals surface area (Å²) in [5.74, 6) is 0. The van der Waals surface area contributed by atoms with Gasteiger partial charge in [-0.15, -0.1) is 22.7 Å². The molecule has 0 aromatic carbocycles. The number of hydrogen-bond donors (Lipinski definition) is 0. The predicted octanol–water partition coefficient (Wildman–Crippen LogP) is 5.84. The standard InChI is InChI=1S/C12H10Br2S2/c1-12(2)5-6-3-8(13)15-10(6)11-7(12)4-9(14)16-11/h3-4H,5H2,1-2H3. The molecule has 2 aromatic heterocycles. The fraction of sp³-hybridized carbons (Fsp3) is 0.333. The van der Waals surface area contributed by atoms with Crippen molar-refractivity contribution in [3.63, 3.8) is 0 Å². The van der Waals surface area contributed by atoms with Crippen LogP contribution < -0.4 is 0 Å². The van der Waals surface area contributed by atoms with E-state index in [0.717, 1.165) is 6.42 Å². The summed E-state index contributed by atoms with van der Waals surface area (Å²) in [6.45, 7) is 4.67. The second-order valence-electron chi connectivity index (χ2n) is 4.76. The zero-order valence-electron chi connectivity index (χ0n) is 8.93. The summed E-state index contributed by atoms with van der Waals surface area (Å²) in [6, 6.07) is 4.56. The van der Waals surface area contributed by atoms with Gasteiger partial charge in [-0.05, 0) is 67.0 Å². The molecule has 2 aromatic rings. The molecular weight excluding hydrogens is 368 g/mol. The molecule has 0 bridgehead atoms. The number of thiophene rings is 2. The van der Waals surface area contributed by atoms with E-state index < -0.39 is 0 Å². The van der Waals surface area contributed by atoms with Crippen molar-refractivity contribution >= 4 is 54.5 Å². The lowest BCUT2D eigenvalue weighted by atomic mass is 9.76. The van der Waals surface area contributed by atoms with Crippen molar-refractivity contribution in [3.05, 3.63) is 30.8 Å². The quantitative estimate of drug-likeness (QED) is 0.541. The summed E-state index contributed by atoms with van der Waals surface area (Å²) in [5, 5.41) is 0. The Balaban J connectivity index is 2.32. The van der Waals surface area contributed by atoms with Crippen LogP contribution >= 0.6 is 54.5 Å². The first-order chi connectivity index (χ1) is 7.47. The van der Waals surface area contributed by atoms with E-state index >= 15 is 0 Å². The number of hydrogen-bond acceptors (Lipinski definition) is 2. The van der Waals surface area contributed by atoms with Crippen LogP contribution in [0.3, 0.4) is 0 Å². The number of fused-ring (bicyclic) bond motifs is 3. The van der Waals surface area contributed by atoms with Crippen molar-refractivity contribution < 1.29 is 0 Å². The lowest BCUT2D eigenvalue weighted by molar-refractivity contribution is 0.520. The van der Waals surface area contributed by atoms with Gasteiger partial charge in [0.05, 0.1) is 7.57 Å². The maximum Gasteiger partial charge on any atom is 0.0708 e. The largest absolute Gasteiger partial charge is 0.127 e. The Morgan fingerprint density at radius 1 is 1.06 bits per heavy atom. The van der Waals surface area contributed by atoms with Crippen molar-refractivity contribution in [2.24, 2.45) is 0 Å². The van der Waals surface area contributed by atoms with Gasteiger partial charge < -0.3 is 0 Å². The highest BCUT2D eigenvalue weighted by molar-refractivity contribution is 9.11. The molecule has 84 valence electrons. The van der Waals surface area contributed by atoms with Crippen molar-refractivity contribution in [1.29, 1.82) is 0 Å². The maximum absolute atomic E-state index is 3.61. The normalized spacial score (nSPS) is 17.0. The smallest absolute Gasteiger partial charge is 0.0708 e. The van der Waals surface area contributed by atoms with Crippen LogP contribution in [0.1, 0.15) is 25.0 Å². The molecule has 0 unspecified atom stereocenters. The summed E-state index contributed by atoms with van der Waals surface area (Å²) in [7, 11) is 0. The van der Waals surface area contributed by atoms with Crippen LogP contribution in [-0.4, -0.2) is 0 Å². The highest BCUT2D eigenvalue weighted by Gasteiger charge is 2.33. The molecular formula is C12H10Br2S2. The van der Waals surface area contributed by atoms with E-state index in [-0.39, 0.29) is 5.41 Å². The maximum atomic E-state index is 3.61. The molecule has 4 heteroatoms. The van der Waals surface area contributed by atoms with Crippen LogP contribution in [0.15, 0.2) is 19.7 Å². The average Bonchev–Trinajstić information content (AvgIpc) is 2.68. The second-order valence-corrected chi connectivity index (χ2v) is 9.62. The van der Waals surface area contributed by atoms with E-state index in [2.05, 4.69) is 57.8 Å².